The van der Waals surface area contributed by atoms with Gasteiger partial charge in [-0.2, -0.15) is 11.8 Å². The third-order valence-corrected chi connectivity index (χ3v) is 6.09. The van der Waals surface area contributed by atoms with E-state index in [-0.39, 0.29) is 17.7 Å². The van der Waals surface area contributed by atoms with E-state index in [2.05, 4.69) is 4.90 Å². The number of thioether (sulfide) groups is 1. The van der Waals surface area contributed by atoms with Gasteiger partial charge in [0.15, 0.2) is 0 Å². The first kappa shape index (κ1) is 14.7. The van der Waals surface area contributed by atoms with Crippen molar-refractivity contribution in [2.75, 3.05) is 24.6 Å². The zero-order chi connectivity index (χ0) is 14.0. The Bertz CT molecular complexity index is 357. The Morgan fingerprint density at radius 2 is 2.10 bits per heavy atom. The smallest absolute Gasteiger partial charge is 0.321 e. The molecule has 3 aliphatic rings. The predicted octanol–water partition coefficient (Wildman–Crippen LogP) is 2.37. The number of nitrogens with zero attached hydrogens (tertiary/aromatic N) is 1. The molecule has 0 aromatic rings. The number of carboxylic acid groups (broad SMARTS) is 1. The summed E-state index contributed by atoms with van der Waals surface area (Å²) in [5.41, 5.74) is 0.145. The van der Waals surface area contributed by atoms with Crippen molar-refractivity contribution in [3.8, 4) is 0 Å². The Hall–Kier alpha value is -0.260. The highest BCUT2D eigenvalue weighted by atomic mass is 32.2. The summed E-state index contributed by atoms with van der Waals surface area (Å²) in [6.07, 6.45) is 8.89. The van der Waals surface area contributed by atoms with Gasteiger partial charge < -0.3 is 9.84 Å². The second-order valence-electron chi connectivity index (χ2n) is 6.45. The molecular weight excluding hydrogens is 274 g/mol. The molecule has 1 spiro atoms. The number of hydrogen-bond acceptors (Lipinski definition) is 4. The van der Waals surface area contributed by atoms with Crippen molar-refractivity contribution in [1.29, 1.82) is 0 Å². The standard InChI is InChI=1S/C15H25NO3S/c17-14(18)13-11-20-9-8-16(13)10-12-4-7-15(19-12)5-2-1-3-6-15/h12-13H,1-11H2,(H,17,18). The molecule has 0 amide bonds. The highest BCUT2D eigenvalue weighted by Crippen LogP contribution is 2.42. The molecule has 0 bridgehead atoms. The predicted molar refractivity (Wildman–Crippen MR) is 80.2 cm³/mol. The fraction of sp³-hybridized carbons (Fsp3) is 0.933. The third kappa shape index (κ3) is 3.15. The largest absolute Gasteiger partial charge is 0.480 e. The summed E-state index contributed by atoms with van der Waals surface area (Å²) in [6.45, 7) is 1.69. The molecule has 3 fully saturated rings. The Balaban J connectivity index is 1.56. The number of rotatable bonds is 3. The molecule has 1 saturated carbocycles. The lowest BCUT2D eigenvalue weighted by molar-refractivity contribution is -0.143. The van der Waals surface area contributed by atoms with E-state index in [4.69, 9.17) is 4.74 Å². The Morgan fingerprint density at radius 3 is 2.85 bits per heavy atom. The Morgan fingerprint density at radius 1 is 1.30 bits per heavy atom. The van der Waals surface area contributed by atoms with Crippen molar-refractivity contribution in [3.05, 3.63) is 0 Å². The first-order chi connectivity index (χ1) is 9.69. The van der Waals surface area contributed by atoms with E-state index in [0.29, 0.717) is 5.75 Å². The van der Waals surface area contributed by atoms with Gasteiger partial charge in [0.2, 0.25) is 0 Å². The van der Waals surface area contributed by atoms with Crippen LogP contribution in [0.1, 0.15) is 44.9 Å². The highest BCUT2D eigenvalue weighted by molar-refractivity contribution is 7.99. The maximum Gasteiger partial charge on any atom is 0.321 e. The second kappa shape index (κ2) is 6.24. The quantitative estimate of drug-likeness (QED) is 0.867. The minimum atomic E-state index is -0.678. The van der Waals surface area contributed by atoms with Crippen molar-refractivity contribution in [2.24, 2.45) is 0 Å². The summed E-state index contributed by atoms with van der Waals surface area (Å²) in [5.74, 6) is 1.08. The average Bonchev–Trinajstić information content (AvgIpc) is 2.82. The van der Waals surface area contributed by atoms with Crippen molar-refractivity contribution in [1.82, 2.24) is 4.90 Å². The number of aliphatic carboxylic acids is 1. The molecule has 4 nitrogen and oxygen atoms in total. The molecule has 5 heteroatoms. The van der Waals surface area contributed by atoms with E-state index in [1.165, 1.54) is 38.5 Å². The summed E-state index contributed by atoms with van der Waals surface area (Å²) < 4.78 is 6.38. The molecule has 2 aliphatic heterocycles. The van der Waals surface area contributed by atoms with Crippen molar-refractivity contribution in [2.45, 2.75) is 62.7 Å². The molecule has 20 heavy (non-hydrogen) atoms. The number of carboxylic acids is 1. The summed E-state index contributed by atoms with van der Waals surface area (Å²) in [7, 11) is 0. The van der Waals surface area contributed by atoms with Crippen LogP contribution in [0.2, 0.25) is 0 Å². The van der Waals surface area contributed by atoms with Crippen molar-refractivity contribution >= 4 is 17.7 Å². The van der Waals surface area contributed by atoms with Crippen LogP contribution < -0.4 is 0 Å². The van der Waals surface area contributed by atoms with Crippen molar-refractivity contribution < 1.29 is 14.6 Å². The van der Waals surface area contributed by atoms with Crippen LogP contribution in [0.4, 0.5) is 0 Å². The van der Waals surface area contributed by atoms with Gasteiger partial charge in [-0.05, 0) is 25.7 Å². The van der Waals surface area contributed by atoms with E-state index < -0.39 is 5.97 Å². The van der Waals surface area contributed by atoms with Gasteiger partial charge in [0, 0.05) is 24.6 Å². The van der Waals surface area contributed by atoms with Crippen molar-refractivity contribution in [3.63, 3.8) is 0 Å². The van der Waals surface area contributed by atoms with E-state index >= 15 is 0 Å². The molecule has 114 valence electrons. The first-order valence-corrected chi connectivity index (χ1v) is 9.06. The number of carbonyl (C=O) groups is 1. The van der Waals surface area contributed by atoms with E-state index in [9.17, 15) is 9.90 Å². The lowest BCUT2D eigenvalue weighted by Crippen LogP contribution is -2.50. The molecule has 2 heterocycles. The van der Waals surface area contributed by atoms with Crippen LogP contribution >= 0.6 is 11.8 Å². The van der Waals surface area contributed by atoms with E-state index in [0.717, 1.165) is 25.3 Å². The van der Waals surface area contributed by atoms with Gasteiger partial charge in [0.05, 0.1) is 11.7 Å². The lowest BCUT2D eigenvalue weighted by Gasteiger charge is -2.36. The van der Waals surface area contributed by atoms with E-state index in [1.807, 2.05) is 0 Å². The third-order valence-electron chi connectivity index (χ3n) is 5.07. The lowest BCUT2D eigenvalue weighted by atomic mass is 9.83. The van der Waals surface area contributed by atoms with Crippen LogP contribution in [0.3, 0.4) is 0 Å². The molecule has 1 N–H and O–H groups in total. The van der Waals surface area contributed by atoms with Crippen LogP contribution in [0.25, 0.3) is 0 Å². The summed E-state index contributed by atoms with van der Waals surface area (Å²) >= 11 is 1.75. The average molecular weight is 299 g/mol. The van der Waals surface area contributed by atoms with Crippen LogP contribution in [0.5, 0.6) is 0 Å². The van der Waals surface area contributed by atoms with Gasteiger partial charge in [-0.25, -0.2) is 0 Å². The zero-order valence-corrected chi connectivity index (χ0v) is 12.9. The van der Waals surface area contributed by atoms with Gasteiger partial charge in [-0.1, -0.05) is 19.3 Å². The van der Waals surface area contributed by atoms with Gasteiger partial charge in [-0.15, -0.1) is 0 Å². The summed E-state index contributed by atoms with van der Waals surface area (Å²) in [4.78, 5) is 13.5. The normalized spacial score (nSPS) is 34.4. The second-order valence-corrected chi connectivity index (χ2v) is 7.60. The minimum Gasteiger partial charge on any atom is -0.480 e. The molecule has 0 aromatic carbocycles. The Labute approximate surface area is 125 Å². The molecule has 2 atom stereocenters. The summed E-state index contributed by atoms with van der Waals surface area (Å²) in [5, 5.41) is 9.33. The SMILES string of the molecule is O=C(O)C1CSCCN1CC1CCC2(CCCCC2)O1. The maximum absolute atomic E-state index is 11.3. The van der Waals surface area contributed by atoms with E-state index in [1.54, 1.807) is 11.8 Å². The van der Waals surface area contributed by atoms with Gasteiger partial charge >= 0.3 is 5.97 Å². The fourth-order valence-corrected chi connectivity index (χ4v) is 5.04. The van der Waals surface area contributed by atoms with Gasteiger partial charge in [-0.3, -0.25) is 9.69 Å². The Kier molecular flexibility index (Phi) is 4.58. The number of hydrogen-bond donors (Lipinski definition) is 1. The molecule has 0 radical (unpaired) electrons. The molecular formula is C15H25NO3S. The van der Waals surface area contributed by atoms with Crippen LogP contribution in [-0.4, -0.2) is 58.3 Å². The van der Waals surface area contributed by atoms with Gasteiger partial charge in [0.1, 0.15) is 6.04 Å². The highest BCUT2D eigenvalue weighted by Gasteiger charge is 2.42. The molecule has 2 saturated heterocycles. The molecule has 2 unspecified atom stereocenters. The van der Waals surface area contributed by atoms with Crippen LogP contribution in [0.15, 0.2) is 0 Å². The maximum atomic E-state index is 11.3. The molecule has 1 aliphatic carbocycles. The first-order valence-electron chi connectivity index (χ1n) is 7.91. The van der Waals surface area contributed by atoms with Gasteiger partial charge in [0.25, 0.3) is 0 Å². The fourth-order valence-electron chi connectivity index (χ4n) is 3.93. The van der Waals surface area contributed by atoms with Crippen LogP contribution in [0, 0.1) is 0 Å². The molecule has 0 aromatic heterocycles. The monoisotopic (exact) mass is 299 g/mol. The topological polar surface area (TPSA) is 49.8 Å². The number of ether oxygens (including phenoxy) is 1. The minimum absolute atomic E-state index is 0.145. The molecule has 3 rings (SSSR count). The summed E-state index contributed by atoms with van der Waals surface area (Å²) in [6, 6.07) is -0.319. The zero-order valence-electron chi connectivity index (χ0n) is 12.1. The van der Waals surface area contributed by atoms with Crippen LogP contribution in [-0.2, 0) is 9.53 Å².